The number of nitrogens with zero attached hydrogens (tertiary/aromatic N) is 5. The van der Waals surface area contributed by atoms with Gasteiger partial charge in [-0.3, -0.25) is 14.4 Å². The van der Waals surface area contributed by atoms with E-state index in [9.17, 15) is 14.4 Å². The van der Waals surface area contributed by atoms with Crippen LogP contribution in [-0.4, -0.2) is 76.2 Å². The fraction of sp³-hybridized carbons (Fsp3) is 0.571. The topological polar surface area (TPSA) is 77.1 Å². The summed E-state index contributed by atoms with van der Waals surface area (Å²) in [5.41, 5.74) is 4.68. The van der Waals surface area contributed by atoms with Crippen LogP contribution in [-0.2, 0) is 14.4 Å². The van der Waals surface area contributed by atoms with Crippen molar-refractivity contribution in [2.45, 2.75) is 71.8 Å². The van der Waals surface area contributed by atoms with E-state index in [2.05, 4.69) is 29.8 Å². The van der Waals surface area contributed by atoms with Gasteiger partial charge >= 0.3 is 0 Å². The molecule has 3 fully saturated rings. The molecule has 4 aliphatic rings. The summed E-state index contributed by atoms with van der Waals surface area (Å²) in [7, 11) is 0. The van der Waals surface area contributed by atoms with Crippen molar-refractivity contribution in [3.8, 4) is 0 Å². The highest BCUT2D eigenvalue weighted by atomic mass is 16.2. The van der Waals surface area contributed by atoms with E-state index in [1.165, 1.54) is 0 Å². The minimum Gasteiger partial charge on any atom is -0.355 e. The Morgan fingerprint density at radius 2 is 1.78 bits per heavy atom. The Morgan fingerprint density at radius 3 is 2.47 bits per heavy atom. The monoisotopic (exact) mass is 491 g/mol. The van der Waals surface area contributed by atoms with Gasteiger partial charge in [-0.1, -0.05) is 6.07 Å². The number of amides is 3. The van der Waals surface area contributed by atoms with Crippen LogP contribution in [0.4, 0.5) is 5.82 Å². The Hall–Kier alpha value is -3.16. The van der Waals surface area contributed by atoms with Crippen molar-refractivity contribution in [1.29, 1.82) is 0 Å². The van der Waals surface area contributed by atoms with E-state index < -0.39 is 0 Å². The average molecular weight is 492 g/mol. The molecule has 1 aliphatic carbocycles. The second kappa shape index (κ2) is 10.1. The normalized spacial score (nSPS) is 23.5. The first-order valence-electron chi connectivity index (χ1n) is 13.4. The van der Waals surface area contributed by atoms with Crippen molar-refractivity contribution in [2.24, 2.45) is 0 Å². The summed E-state index contributed by atoms with van der Waals surface area (Å²) in [5, 5.41) is 0. The lowest BCUT2D eigenvalue weighted by atomic mass is 9.96. The molecule has 0 spiro atoms. The molecule has 5 rings (SSSR count). The number of anilines is 1. The van der Waals surface area contributed by atoms with E-state index in [0.29, 0.717) is 56.6 Å². The van der Waals surface area contributed by atoms with E-state index in [-0.39, 0.29) is 23.8 Å². The second-order valence-corrected chi connectivity index (χ2v) is 10.6. The Morgan fingerprint density at radius 1 is 0.944 bits per heavy atom. The first-order valence-corrected chi connectivity index (χ1v) is 13.4. The zero-order valence-corrected chi connectivity index (χ0v) is 21.8. The minimum absolute atomic E-state index is 0.0243. The van der Waals surface area contributed by atoms with Crippen LogP contribution in [0.3, 0.4) is 0 Å². The Balaban J connectivity index is 1.40. The number of hydrogen-bond donors (Lipinski definition) is 0. The molecule has 1 aromatic rings. The Labute approximate surface area is 213 Å². The van der Waals surface area contributed by atoms with Gasteiger partial charge in [0.1, 0.15) is 5.82 Å². The summed E-state index contributed by atoms with van der Waals surface area (Å²) in [6.07, 6.45) is 8.65. The molecule has 36 heavy (non-hydrogen) atoms. The van der Waals surface area contributed by atoms with Gasteiger partial charge in [0.25, 0.3) is 5.91 Å². The molecule has 3 amide bonds. The Kier molecular flexibility index (Phi) is 6.86. The smallest absolute Gasteiger partial charge is 0.251 e. The third kappa shape index (κ3) is 4.65. The van der Waals surface area contributed by atoms with Gasteiger partial charge in [-0.2, -0.15) is 0 Å². The Bertz CT molecular complexity index is 1140. The summed E-state index contributed by atoms with van der Waals surface area (Å²) >= 11 is 0. The standard InChI is InChI=1S/C28H37N5O3/c1-19-16-20(2)27(29-18-19)30-11-5-12-31(15-14-30)28(36)23-9-8-22(33-21(3)7-10-26(33)35)17-24(23)32-13-4-6-25(32)34/h16-18,21H,4-15H2,1-3H3. The number of likely N-dealkylation sites (tertiary alicyclic amines) is 2. The molecule has 3 aliphatic heterocycles. The molecule has 0 saturated carbocycles. The molecule has 0 bridgehead atoms. The number of hydrogen-bond acceptors (Lipinski definition) is 5. The van der Waals surface area contributed by atoms with Crippen molar-refractivity contribution in [2.75, 3.05) is 37.6 Å². The second-order valence-electron chi connectivity index (χ2n) is 10.6. The number of pyridine rings is 1. The predicted octanol–water partition coefficient (Wildman–Crippen LogP) is 3.30. The fourth-order valence-corrected chi connectivity index (χ4v) is 6.08. The van der Waals surface area contributed by atoms with E-state index in [4.69, 9.17) is 0 Å². The van der Waals surface area contributed by atoms with Crippen LogP contribution in [0.2, 0.25) is 0 Å². The third-order valence-electron chi connectivity index (χ3n) is 7.93. The maximum atomic E-state index is 13.9. The van der Waals surface area contributed by atoms with E-state index >= 15 is 0 Å². The fourth-order valence-electron chi connectivity index (χ4n) is 6.08. The van der Waals surface area contributed by atoms with E-state index in [1.807, 2.05) is 29.0 Å². The first kappa shape index (κ1) is 24.5. The number of aromatic nitrogens is 1. The van der Waals surface area contributed by atoms with Crippen molar-refractivity contribution < 1.29 is 14.4 Å². The quantitative estimate of drug-likeness (QED) is 0.646. The lowest BCUT2D eigenvalue weighted by molar-refractivity contribution is -0.127. The van der Waals surface area contributed by atoms with Gasteiger partial charge in [0.15, 0.2) is 0 Å². The van der Waals surface area contributed by atoms with Gasteiger partial charge in [0.2, 0.25) is 11.8 Å². The third-order valence-corrected chi connectivity index (χ3v) is 7.93. The lowest BCUT2D eigenvalue weighted by Crippen LogP contribution is -2.39. The van der Waals surface area contributed by atoms with Crippen LogP contribution in [0.5, 0.6) is 0 Å². The molecular formula is C28H37N5O3. The molecule has 4 heterocycles. The molecule has 192 valence electrons. The summed E-state index contributed by atoms with van der Waals surface area (Å²) < 4.78 is 0. The summed E-state index contributed by atoms with van der Waals surface area (Å²) in [5.74, 6) is 1.23. The van der Waals surface area contributed by atoms with Crippen LogP contribution in [0, 0.1) is 13.8 Å². The van der Waals surface area contributed by atoms with Gasteiger partial charge in [0.05, 0.1) is 5.70 Å². The van der Waals surface area contributed by atoms with Crippen molar-refractivity contribution in [3.63, 3.8) is 0 Å². The summed E-state index contributed by atoms with van der Waals surface area (Å²) in [6.45, 7) is 9.73. The molecular weight excluding hydrogens is 454 g/mol. The zero-order chi connectivity index (χ0) is 25.4. The largest absolute Gasteiger partial charge is 0.355 e. The van der Waals surface area contributed by atoms with Crippen LogP contribution in [0.1, 0.15) is 63.0 Å². The lowest BCUT2D eigenvalue weighted by Gasteiger charge is -2.33. The van der Waals surface area contributed by atoms with Gasteiger partial charge in [-0.25, -0.2) is 4.98 Å². The molecule has 8 nitrogen and oxygen atoms in total. The van der Waals surface area contributed by atoms with E-state index in [1.54, 1.807) is 4.90 Å². The van der Waals surface area contributed by atoms with Crippen LogP contribution in [0.25, 0.3) is 0 Å². The van der Waals surface area contributed by atoms with Crippen molar-refractivity contribution in [1.82, 2.24) is 19.7 Å². The molecule has 1 atom stereocenters. The predicted molar refractivity (Wildman–Crippen MR) is 138 cm³/mol. The van der Waals surface area contributed by atoms with Crippen LogP contribution in [0.15, 0.2) is 35.3 Å². The van der Waals surface area contributed by atoms with Gasteiger partial charge in [0, 0.05) is 69.1 Å². The summed E-state index contributed by atoms with van der Waals surface area (Å²) in [4.78, 5) is 51.7. The molecule has 1 aromatic heterocycles. The number of carbonyl (C=O) groups is 3. The summed E-state index contributed by atoms with van der Waals surface area (Å²) in [6, 6.07) is 2.31. The van der Waals surface area contributed by atoms with Crippen molar-refractivity contribution >= 4 is 23.5 Å². The van der Waals surface area contributed by atoms with Crippen LogP contribution < -0.4 is 4.90 Å². The maximum absolute atomic E-state index is 13.9. The van der Waals surface area contributed by atoms with Crippen LogP contribution >= 0.6 is 0 Å². The minimum atomic E-state index is 0.0243. The molecule has 0 aromatic carbocycles. The highest BCUT2D eigenvalue weighted by molar-refractivity contribution is 5.96. The number of aryl methyl sites for hydroxylation is 2. The van der Waals surface area contributed by atoms with Crippen molar-refractivity contribution in [3.05, 3.63) is 46.4 Å². The highest BCUT2D eigenvalue weighted by Crippen LogP contribution is 2.35. The molecule has 1 unspecified atom stereocenters. The average Bonchev–Trinajstić information content (AvgIpc) is 3.33. The first-order chi connectivity index (χ1) is 17.3. The molecule has 0 N–H and O–H groups in total. The molecule has 8 heteroatoms. The number of rotatable bonds is 4. The van der Waals surface area contributed by atoms with E-state index in [0.717, 1.165) is 55.0 Å². The maximum Gasteiger partial charge on any atom is 0.251 e. The number of carbonyl (C=O) groups excluding carboxylic acids is 3. The van der Waals surface area contributed by atoms with Gasteiger partial charge in [-0.05, 0) is 70.1 Å². The van der Waals surface area contributed by atoms with Gasteiger partial charge < -0.3 is 19.6 Å². The van der Waals surface area contributed by atoms with Gasteiger partial charge in [-0.15, -0.1) is 0 Å². The number of allylic oxidation sites excluding steroid dienone is 2. The molecule has 3 saturated heterocycles. The molecule has 0 radical (unpaired) electrons. The highest BCUT2D eigenvalue weighted by Gasteiger charge is 2.36. The SMILES string of the molecule is Cc1cnc(N2CCCN(C(=O)C3=C(N4CCCC4=O)C=C(N4C(=O)CCC4C)CC3)CC2)c(C)c1. The zero-order valence-electron chi connectivity index (χ0n) is 21.8.